The van der Waals surface area contributed by atoms with Gasteiger partial charge in [0.2, 0.25) is 0 Å². The topological polar surface area (TPSA) is 178 Å². The van der Waals surface area contributed by atoms with Crippen molar-refractivity contribution in [3.05, 3.63) is 68.7 Å². The van der Waals surface area contributed by atoms with E-state index in [0.717, 1.165) is 48.0 Å². The van der Waals surface area contributed by atoms with Gasteiger partial charge in [-0.25, -0.2) is 9.37 Å². The molecule has 2 aromatic heterocycles. The van der Waals surface area contributed by atoms with Gasteiger partial charge in [-0.05, 0) is 37.0 Å². The Kier molecular flexibility index (Phi) is 9.89. The van der Waals surface area contributed by atoms with Crippen LogP contribution in [-0.2, 0) is 38.9 Å². The van der Waals surface area contributed by atoms with Gasteiger partial charge in [0.15, 0.2) is 29.4 Å². The van der Waals surface area contributed by atoms with Crippen LogP contribution in [0.2, 0.25) is 5.02 Å². The zero-order valence-electron chi connectivity index (χ0n) is 27.5. The lowest BCUT2D eigenvalue weighted by atomic mass is 10.0. The number of β-lactam (4-membered cyclic amide) rings is 1. The molecule has 0 radical (unpaired) electrons. The van der Waals surface area contributed by atoms with Gasteiger partial charge in [-0.3, -0.25) is 19.5 Å². The fraction of sp³-hybridized carbons (Fsp3) is 0.406. The Morgan fingerprint density at radius 2 is 2.06 bits per heavy atom. The number of thiazole rings is 1. The van der Waals surface area contributed by atoms with Crippen LogP contribution in [0.3, 0.4) is 0 Å². The molecule has 51 heavy (non-hydrogen) atoms. The van der Waals surface area contributed by atoms with Crippen LogP contribution in [0.15, 0.2) is 51.3 Å². The molecule has 0 unspecified atom stereocenters. The maximum absolute atomic E-state index is 15.4. The average Bonchev–Trinajstić information content (AvgIpc) is 3.84. The van der Waals surface area contributed by atoms with Crippen LogP contribution < -0.4 is 25.7 Å². The molecule has 1 aromatic carbocycles. The van der Waals surface area contributed by atoms with Gasteiger partial charge in [0, 0.05) is 53.5 Å². The van der Waals surface area contributed by atoms with E-state index in [1.807, 2.05) is 31.5 Å². The fourth-order valence-electron chi connectivity index (χ4n) is 6.66. The summed E-state index contributed by atoms with van der Waals surface area (Å²) in [6.45, 7) is 3.34. The van der Waals surface area contributed by atoms with Crippen molar-refractivity contribution >= 4 is 75.4 Å². The van der Waals surface area contributed by atoms with Crippen molar-refractivity contribution in [2.24, 2.45) is 10.3 Å². The number of amides is 2. The van der Waals surface area contributed by atoms with Crippen molar-refractivity contribution in [3.63, 3.8) is 0 Å². The van der Waals surface area contributed by atoms with E-state index in [2.05, 4.69) is 20.6 Å². The van der Waals surface area contributed by atoms with Crippen LogP contribution in [0.1, 0.15) is 36.1 Å². The highest BCUT2D eigenvalue weighted by Gasteiger charge is 2.53. The second-order valence-electron chi connectivity index (χ2n) is 12.3. The van der Waals surface area contributed by atoms with E-state index >= 15 is 4.39 Å². The van der Waals surface area contributed by atoms with E-state index in [-0.39, 0.29) is 41.1 Å². The zero-order valence-corrected chi connectivity index (χ0v) is 29.8. The number of nitrogen functional groups attached to an aromatic ring is 1. The van der Waals surface area contributed by atoms with Gasteiger partial charge in [-0.1, -0.05) is 16.8 Å². The van der Waals surface area contributed by atoms with Crippen molar-refractivity contribution in [1.82, 2.24) is 24.9 Å². The minimum absolute atomic E-state index is 0.166. The molecule has 3 aromatic rings. The van der Waals surface area contributed by atoms with Gasteiger partial charge in [0.25, 0.3) is 11.8 Å². The molecule has 0 aliphatic carbocycles. The Morgan fingerprint density at radius 1 is 1.25 bits per heavy atom. The first-order chi connectivity index (χ1) is 24.6. The number of anilines is 2. The number of carbonyl (C=O) groups excluding carboxylic acids is 3. The molecule has 2 amide bonds. The summed E-state index contributed by atoms with van der Waals surface area (Å²) in [5, 5.41) is 26.7. The van der Waals surface area contributed by atoms with Crippen LogP contribution in [0, 0.1) is 5.82 Å². The highest BCUT2D eigenvalue weighted by atomic mass is 35.5. The molecule has 6 heterocycles. The Bertz CT molecular complexity index is 1950. The molecule has 0 saturated carbocycles. The lowest BCUT2D eigenvalue weighted by Crippen LogP contribution is -2.71. The number of fused-ring (bicyclic) bond motifs is 2. The molecule has 2 fully saturated rings. The largest absolute Gasteiger partial charge is 0.543 e. The van der Waals surface area contributed by atoms with Crippen LogP contribution in [0.4, 0.5) is 15.3 Å². The number of nitrogens with one attached hydrogen (secondary N) is 1. The molecule has 2 atom stereocenters. The lowest BCUT2D eigenvalue weighted by molar-refractivity contribution is -0.766. The lowest BCUT2D eigenvalue weighted by Gasteiger charge is -2.50. The fourth-order valence-corrected chi connectivity index (χ4v) is 8.82. The number of hydrazone groups is 1. The summed E-state index contributed by atoms with van der Waals surface area (Å²) in [5.41, 5.74) is 6.95. The number of benzene rings is 1. The zero-order chi connectivity index (χ0) is 35.8. The number of oxime groups is 1. The van der Waals surface area contributed by atoms with Crippen LogP contribution >= 0.6 is 34.7 Å². The molecule has 15 nitrogen and oxygen atoms in total. The molecule has 0 spiro atoms. The number of aliphatic carboxylic acids is 1. The van der Waals surface area contributed by atoms with Gasteiger partial charge >= 0.3 is 0 Å². The average molecular weight is 757 g/mol. The van der Waals surface area contributed by atoms with E-state index < -0.39 is 35.0 Å². The predicted molar refractivity (Wildman–Crippen MR) is 187 cm³/mol. The van der Waals surface area contributed by atoms with E-state index in [9.17, 15) is 19.5 Å². The molecule has 4 aliphatic heterocycles. The Morgan fingerprint density at radius 3 is 2.76 bits per heavy atom. The number of carboxylic acids is 1. The normalized spacial score (nSPS) is 20.5. The maximum atomic E-state index is 15.4. The Labute approximate surface area is 305 Å². The van der Waals surface area contributed by atoms with E-state index in [1.165, 1.54) is 36.7 Å². The second-order valence-corrected chi connectivity index (χ2v) is 14.7. The first-order valence-corrected chi connectivity index (χ1v) is 18.6. The van der Waals surface area contributed by atoms with E-state index in [4.69, 9.17) is 22.2 Å². The number of nitrogens with two attached hydrogens (primary N) is 1. The number of hydrogen-bond acceptors (Lipinski definition) is 13. The third-order valence-electron chi connectivity index (χ3n) is 9.13. The number of halogens is 2. The number of thioether (sulfide) groups is 1. The standard InChI is InChI=1S/C32H34ClFN10O5S2/c1-49-39-25(23-17-51-32(35)37-23)28(45)38-26-29(46)44-27(31(47)48)19(16-50-30(26)44)14-42-8-5-24-40(9-10-43(24)42)15-20-21(33)11-18(12-22(20)34)13-36-41-6-3-2-4-7-41/h5,8,11-13,17,26,30H,2-4,6-7,9-10,14-16H2,1H3,(H3-,35,37,38,45,47,48)/b36-13?,39-25-/t26-,30-/m1/s1. The number of carboxylic acid groups (broad SMARTS) is 1. The van der Waals surface area contributed by atoms with Crippen LogP contribution in [0.25, 0.3) is 0 Å². The highest BCUT2D eigenvalue weighted by Crippen LogP contribution is 2.40. The van der Waals surface area contributed by atoms with Gasteiger partial charge in [-0.2, -0.15) is 5.10 Å². The number of hydrogen-bond donors (Lipinski definition) is 2. The molecule has 0 bridgehead atoms. The molecule has 7 rings (SSSR count). The second kappa shape index (κ2) is 14.5. The SMILES string of the molecule is CO/N=C(\C(=O)N[C@@H]1C(=O)N2C(C(=O)[O-])=C(C[n+]3ccc4n3CCN4Cc3c(F)cc(C=NN4CCCCC4)cc3Cl)CS[C@H]12)c1csc(N)n1. The summed E-state index contributed by atoms with van der Waals surface area (Å²) >= 11 is 9.03. The molecule has 2 saturated heterocycles. The van der Waals surface area contributed by atoms with Gasteiger partial charge < -0.3 is 30.7 Å². The van der Waals surface area contributed by atoms with Gasteiger partial charge in [0.05, 0.1) is 30.5 Å². The minimum Gasteiger partial charge on any atom is -0.543 e. The monoisotopic (exact) mass is 756 g/mol. The van der Waals surface area contributed by atoms with Crippen molar-refractivity contribution in [3.8, 4) is 0 Å². The summed E-state index contributed by atoms with van der Waals surface area (Å²) in [4.78, 5) is 50.8. The highest BCUT2D eigenvalue weighted by molar-refractivity contribution is 8.00. The number of carbonyl (C=O) groups is 3. The first kappa shape index (κ1) is 34.8. The van der Waals surface area contributed by atoms with Gasteiger partial charge in [0.1, 0.15) is 30.0 Å². The van der Waals surface area contributed by atoms with Crippen LogP contribution in [-0.4, -0.2) is 93.2 Å². The Balaban J connectivity index is 1.03. The molecular formula is C32H34ClFN10O5S2. The smallest absolute Gasteiger partial charge is 0.276 e. The molecule has 268 valence electrons. The van der Waals surface area contributed by atoms with Crippen molar-refractivity contribution in [1.29, 1.82) is 0 Å². The number of piperidine rings is 1. The predicted octanol–water partition coefficient (Wildman–Crippen LogP) is 0.901. The van der Waals surface area contributed by atoms with Gasteiger partial charge in [-0.15, -0.1) is 32.5 Å². The quantitative estimate of drug-likeness (QED) is 0.124. The molecular weight excluding hydrogens is 723 g/mol. The summed E-state index contributed by atoms with van der Waals surface area (Å²) < 4.78 is 19.2. The van der Waals surface area contributed by atoms with Crippen molar-refractivity contribution < 1.29 is 33.4 Å². The van der Waals surface area contributed by atoms with Crippen molar-refractivity contribution in [2.45, 2.75) is 50.3 Å². The van der Waals surface area contributed by atoms with Crippen LogP contribution in [0.5, 0.6) is 0 Å². The summed E-state index contributed by atoms with van der Waals surface area (Å²) in [7, 11) is 1.27. The first-order valence-electron chi connectivity index (χ1n) is 16.3. The summed E-state index contributed by atoms with van der Waals surface area (Å²) in [6.07, 6.45) is 6.85. The molecule has 3 N–H and O–H groups in total. The maximum Gasteiger partial charge on any atom is 0.276 e. The molecule has 19 heteroatoms. The molecule has 4 aliphatic rings. The van der Waals surface area contributed by atoms with E-state index in [0.29, 0.717) is 34.8 Å². The number of nitrogens with zero attached hydrogens (tertiary/aromatic N) is 8. The minimum atomic E-state index is -1.49. The summed E-state index contributed by atoms with van der Waals surface area (Å²) in [6, 6.07) is 4.05. The third kappa shape index (κ3) is 6.86. The summed E-state index contributed by atoms with van der Waals surface area (Å²) in [5.74, 6) is -2.12. The number of rotatable bonds is 11. The Hall–Kier alpha value is -4.68. The van der Waals surface area contributed by atoms with Crippen molar-refractivity contribution in [2.75, 3.05) is 43.1 Å². The third-order valence-corrected chi connectivity index (χ3v) is 11.5. The van der Waals surface area contributed by atoms with E-state index in [1.54, 1.807) is 12.3 Å². The number of aromatic nitrogens is 3.